The van der Waals surface area contributed by atoms with E-state index in [4.69, 9.17) is 10.6 Å². The Labute approximate surface area is 126 Å². The van der Waals surface area contributed by atoms with Crippen LogP contribution >= 0.6 is 0 Å². The molecule has 0 spiro atoms. The molecule has 0 saturated heterocycles. The third kappa shape index (κ3) is 4.33. The van der Waals surface area contributed by atoms with E-state index in [9.17, 15) is 10.1 Å². The summed E-state index contributed by atoms with van der Waals surface area (Å²) in [5.74, 6) is -0.0154. The highest BCUT2D eigenvalue weighted by Gasteiger charge is 2.28. The van der Waals surface area contributed by atoms with Crippen molar-refractivity contribution >= 4 is 12.0 Å². The normalized spacial score (nSPS) is 12.7. The van der Waals surface area contributed by atoms with Crippen molar-refractivity contribution in [3.05, 3.63) is 34.9 Å². The molecule has 0 fully saturated rings. The Balaban J connectivity index is 3.63. The molecule has 116 valence electrons. The second-order valence-electron chi connectivity index (χ2n) is 7.27. The first-order valence-electron chi connectivity index (χ1n) is 6.94. The fourth-order valence-corrected chi connectivity index (χ4v) is 2.14. The molecule has 0 aliphatic rings. The Morgan fingerprint density at radius 1 is 1.10 bits per heavy atom. The number of rotatable bonds is 3. The van der Waals surface area contributed by atoms with Gasteiger partial charge < -0.3 is 10.6 Å². The molecule has 0 heterocycles. The molecule has 0 aliphatic heterocycles. The van der Waals surface area contributed by atoms with Crippen LogP contribution in [-0.4, -0.2) is 11.2 Å². The highest BCUT2D eigenvalue weighted by Crippen LogP contribution is 2.40. The monoisotopic (exact) mass is 291 g/mol. The highest BCUT2D eigenvalue weighted by molar-refractivity contribution is 5.90. The molecule has 4 nitrogen and oxygen atoms in total. The third-order valence-electron chi connectivity index (χ3n) is 3.26. The molecule has 21 heavy (non-hydrogen) atoms. The van der Waals surface area contributed by atoms with Crippen molar-refractivity contribution in [2.24, 2.45) is 5.73 Å². The standard InChI is InChI=1S/C17H25NO3/c1-16(2,3)12-9-11(7-8-14(18)19)10-13(15(12)21-20)17(4,5)6/h7-10,20H,1-6H3,(H2,18,19)/b8-7+. The van der Waals surface area contributed by atoms with Crippen LogP contribution in [0.15, 0.2) is 18.2 Å². The Bertz CT molecular complexity index is 525. The first-order chi connectivity index (χ1) is 9.46. The predicted octanol–water partition coefficient (Wildman–Crippen LogP) is 3.63. The van der Waals surface area contributed by atoms with Crippen molar-refractivity contribution < 1.29 is 14.9 Å². The number of hydrogen-bond acceptors (Lipinski definition) is 3. The van der Waals surface area contributed by atoms with Gasteiger partial charge in [0, 0.05) is 17.2 Å². The van der Waals surface area contributed by atoms with Gasteiger partial charge in [0.25, 0.3) is 0 Å². The summed E-state index contributed by atoms with van der Waals surface area (Å²) in [4.78, 5) is 15.6. The summed E-state index contributed by atoms with van der Waals surface area (Å²) in [6.07, 6.45) is 3.00. The summed E-state index contributed by atoms with van der Waals surface area (Å²) >= 11 is 0. The van der Waals surface area contributed by atoms with Crippen LogP contribution in [0.3, 0.4) is 0 Å². The summed E-state index contributed by atoms with van der Waals surface area (Å²) < 4.78 is 0. The molecular formula is C17H25NO3. The van der Waals surface area contributed by atoms with Crippen molar-refractivity contribution in [3.8, 4) is 5.75 Å². The van der Waals surface area contributed by atoms with Crippen molar-refractivity contribution in [2.45, 2.75) is 52.4 Å². The van der Waals surface area contributed by atoms with E-state index >= 15 is 0 Å². The molecule has 0 atom stereocenters. The zero-order chi connectivity index (χ0) is 16.4. The van der Waals surface area contributed by atoms with Gasteiger partial charge in [0.1, 0.15) is 0 Å². The Morgan fingerprint density at radius 2 is 1.52 bits per heavy atom. The number of nitrogens with two attached hydrogens (primary N) is 1. The lowest BCUT2D eigenvalue weighted by atomic mass is 9.78. The van der Waals surface area contributed by atoms with Crippen LogP contribution in [0.4, 0.5) is 0 Å². The summed E-state index contributed by atoms with van der Waals surface area (Å²) in [5.41, 5.74) is 7.33. The van der Waals surface area contributed by atoms with Gasteiger partial charge in [-0.25, -0.2) is 5.26 Å². The number of carbonyl (C=O) groups excluding carboxylic acids is 1. The first kappa shape index (κ1) is 17.2. The molecule has 1 aromatic rings. The number of amides is 1. The van der Waals surface area contributed by atoms with E-state index < -0.39 is 5.91 Å². The van der Waals surface area contributed by atoms with Crippen LogP contribution in [0, 0.1) is 0 Å². The minimum atomic E-state index is -0.493. The SMILES string of the molecule is CC(C)(C)c1cc(/C=C/C(N)=O)cc(C(C)(C)C)c1OO. The van der Waals surface area contributed by atoms with E-state index in [1.165, 1.54) is 6.08 Å². The zero-order valence-electron chi connectivity index (χ0n) is 13.7. The van der Waals surface area contributed by atoms with Crippen molar-refractivity contribution in [2.75, 3.05) is 0 Å². The maximum atomic E-state index is 10.9. The van der Waals surface area contributed by atoms with Crippen LogP contribution in [-0.2, 0) is 15.6 Å². The van der Waals surface area contributed by atoms with Crippen LogP contribution in [0.1, 0.15) is 58.2 Å². The van der Waals surface area contributed by atoms with Crippen LogP contribution < -0.4 is 10.6 Å². The van der Waals surface area contributed by atoms with Gasteiger partial charge in [-0.3, -0.25) is 4.79 Å². The van der Waals surface area contributed by atoms with E-state index in [0.29, 0.717) is 5.75 Å². The second-order valence-corrected chi connectivity index (χ2v) is 7.27. The van der Waals surface area contributed by atoms with E-state index in [-0.39, 0.29) is 10.8 Å². The molecule has 0 bridgehead atoms. The molecular weight excluding hydrogens is 266 g/mol. The lowest BCUT2D eigenvalue weighted by Gasteiger charge is -2.28. The van der Waals surface area contributed by atoms with E-state index in [0.717, 1.165) is 16.7 Å². The molecule has 0 radical (unpaired) electrons. The lowest BCUT2D eigenvalue weighted by molar-refractivity contribution is -0.140. The van der Waals surface area contributed by atoms with Gasteiger partial charge in [-0.2, -0.15) is 0 Å². The van der Waals surface area contributed by atoms with Gasteiger partial charge in [0.15, 0.2) is 5.75 Å². The van der Waals surface area contributed by atoms with E-state index in [1.54, 1.807) is 6.08 Å². The molecule has 1 rings (SSSR count). The molecule has 1 aromatic carbocycles. The van der Waals surface area contributed by atoms with Gasteiger partial charge in [-0.15, -0.1) is 0 Å². The average Bonchev–Trinajstić information content (AvgIpc) is 2.32. The second kappa shape index (κ2) is 5.90. The Kier molecular flexibility index (Phi) is 4.84. The van der Waals surface area contributed by atoms with Gasteiger partial charge in [0.2, 0.25) is 5.91 Å². The molecule has 4 heteroatoms. The topological polar surface area (TPSA) is 72.6 Å². The van der Waals surface area contributed by atoms with Crippen LogP contribution in [0.25, 0.3) is 6.08 Å². The predicted molar refractivity (Wildman–Crippen MR) is 85.3 cm³/mol. The Hall–Kier alpha value is -1.81. The smallest absolute Gasteiger partial charge is 0.241 e. The van der Waals surface area contributed by atoms with Gasteiger partial charge in [-0.05, 0) is 34.6 Å². The maximum absolute atomic E-state index is 10.9. The number of primary amides is 1. The fraction of sp³-hybridized carbons (Fsp3) is 0.471. The molecule has 0 unspecified atom stereocenters. The lowest BCUT2D eigenvalue weighted by Crippen LogP contribution is -2.19. The van der Waals surface area contributed by atoms with Crippen molar-refractivity contribution in [1.29, 1.82) is 0 Å². The third-order valence-corrected chi connectivity index (χ3v) is 3.26. The zero-order valence-corrected chi connectivity index (χ0v) is 13.7. The summed E-state index contributed by atoms with van der Waals surface area (Å²) in [6.45, 7) is 12.2. The number of benzene rings is 1. The quantitative estimate of drug-likeness (QED) is 0.507. The van der Waals surface area contributed by atoms with Crippen molar-refractivity contribution in [3.63, 3.8) is 0 Å². The Morgan fingerprint density at radius 3 is 1.81 bits per heavy atom. The van der Waals surface area contributed by atoms with Crippen LogP contribution in [0.2, 0.25) is 0 Å². The molecule has 0 aliphatic carbocycles. The first-order valence-corrected chi connectivity index (χ1v) is 6.94. The fourth-order valence-electron chi connectivity index (χ4n) is 2.14. The molecule has 3 N–H and O–H groups in total. The van der Waals surface area contributed by atoms with Gasteiger partial charge in [0.05, 0.1) is 0 Å². The molecule has 0 saturated carbocycles. The molecule has 1 amide bonds. The molecule has 0 aromatic heterocycles. The van der Waals surface area contributed by atoms with Crippen molar-refractivity contribution in [1.82, 2.24) is 0 Å². The minimum absolute atomic E-state index is 0.214. The maximum Gasteiger partial charge on any atom is 0.241 e. The summed E-state index contributed by atoms with van der Waals surface area (Å²) in [7, 11) is 0. The minimum Gasteiger partial charge on any atom is -0.366 e. The summed E-state index contributed by atoms with van der Waals surface area (Å²) in [6, 6.07) is 3.81. The largest absolute Gasteiger partial charge is 0.366 e. The number of hydrogen-bond donors (Lipinski definition) is 2. The highest BCUT2D eigenvalue weighted by atomic mass is 17.1. The number of carbonyl (C=O) groups is 1. The van der Waals surface area contributed by atoms with E-state index in [2.05, 4.69) is 0 Å². The van der Waals surface area contributed by atoms with E-state index in [1.807, 2.05) is 53.7 Å². The summed E-state index contributed by atoms with van der Waals surface area (Å²) in [5, 5.41) is 9.34. The van der Waals surface area contributed by atoms with Gasteiger partial charge >= 0.3 is 0 Å². The average molecular weight is 291 g/mol. The van der Waals surface area contributed by atoms with Crippen LogP contribution in [0.5, 0.6) is 5.75 Å². The van der Waals surface area contributed by atoms with Gasteiger partial charge in [-0.1, -0.05) is 41.5 Å².